The van der Waals surface area contributed by atoms with Crippen molar-refractivity contribution in [3.63, 3.8) is 0 Å². The first-order valence-corrected chi connectivity index (χ1v) is 11.3. The average Bonchev–Trinajstić information content (AvgIpc) is 3.48. The largest absolute Gasteiger partial charge is 0.423 e. The monoisotopic (exact) mass is 488 g/mol. The van der Waals surface area contributed by atoms with Gasteiger partial charge in [0.1, 0.15) is 35.4 Å². The highest BCUT2D eigenvalue weighted by atomic mass is 35.5. The molecular weight excluding hydrogens is 466 g/mol. The number of rotatable bonds is 6. The fourth-order valence-corrected chi connectivity index (χ4v) is 4.63. The van der Waals surface area contributed by atoms with Gasteiger partial charge in [-0.15, -0.1) is 0 Å². The Morgan fingerprint density at radius 3 is 2.65 bits per heavy atom. The van der Waals surface area contributed by atoms with Crippen molar-refractivity contribution in [1.29, 1.82) is 0 Å². The van der Waals surface area contributed by atoms with Gasteiger partial charge in [0.2, 0.25) is 0 Å². The van der Waals surface area contributed by atoms with E-state index in [0.717, 1.165) is 17.6 Å². The molecule has 0 unspecified atom stereocenters. The van der Waals surface area contributed by atoms with E-state index < -0.39 is 23.3 Å². The zero-order valence-corrected chi connectivity index (χ0v) is 19.2. The Hall–Kier alpha value is -3.08. The highest BCUT2D eigenvalue weighted by Crippen LogP contribution is 2.34. The highest BCUT2D eigenvalue weighted by Gasteiger charge is 2.43. The molecule has 11 heteroatoms. The molecule has 8 nitrogen and oxygen atoms in total. The van der Waals surface area contributed by atoms with E-state index in [1.165, 1.54) is 23.4 Å². The highest BCUT2D eigenvalue weighted by molar-refractivity contribution is 6.31. The fraction of sp³-hybridized carbons (Fsp3) is 0.348. The van der Waals surface area contributed by atoms with Crippen LogP contribution in [0, 0.1) is 11.6 Å². The summed E-state index contributed by atoms with van der Waals surface area (Å²) < 4.78 is 35.7. The minimum atomic E-state index is -1.68. The summed E-state index contributed by atoms with van der Waals surface area (Å²) in [5.74, 6) is -1.51. The summed E-state index contributed by atoms with van der Waals surface area (Å²) in [6.07, 6.45) is 2.80. The number of benzene rings is 2. The third kappa shape index (κ3) is 4.24. The second-order valence-electron chi connectivity index (χ2n) is 8.45. The zero-order chi connectivity index (χ0) is 23.9. The molecule has 0 saturated carbocycles. The van der Waals surface area contributed by atoms with Crippen molar-refractivity contribution in [2.75, 3.05) is 31.1 Å². The Balaban J connectivity index is 1.37. The molecule has 1 fully saturated rings. The third-order valence-corrected chi connectivity index (χ3v) is 6.67. The normalized spacial score (nSPS) is 17.7. The Kier molecular flexibility index (Phi) is 5.97. The van der Waals surface area contributed by atoms with Gasteiger partial charge in [0.15, 0.2) is 5.58 Å². The molecule has 0 spiro atoms. The summed E-state index contributed by atoms with van der Waals surface area (Å²) in [5, 5.41) is 16.5. The van der Waals surface area contributed by atoms with Crippen LogP contribution in [0.3, 0.4) is 0 Å². The van der Waals surface area contributed by atoms with Gasteiger partial charge in [-0.3, -0.25) is 4.90 Å². The maximum Gasteiger partial charge on any atom is 0.298 e. The summed E-state index contributed by atoms with van der Waals surface area (Å²) in [4.78, 5) is 12.5. The lowest BCUT2D eigenvalue weighted by Crippen LogP contribution is -2.57. The summed E-state index contributed by atoms with van der Waals surface area (Å²) in [7, 11) is 0. The molecule has 1 N–H and O–H groups in total. The number of halogens is 3. The fourth-order valence-electron chi connectivity index (χ4n) is 4.47. The SMILES string of the molecule is C[C@@H](N1CCN(c2nc3ccc(Cl)cc3o2)CC1)[C@](O)(Cn1cncn1)c1ccc(F)cc1F. The van der Waals surface area contributed by atoms with Gasteiger partial charge in [-0.05, 0) is 25.1 Å². The first-order chi connectivity index (χ1) is 16.3. The number of anilines is 1. The lowest BCUT2D eigenvalue weighted by atomic mass is 9.85. The second-order valence-corrected chi connectivity index (χ2v) is 8.89. The van der Waals surface area contributed by atoms with E-state index in [9.17, 15) is 13.9 Å². The first kappa shape index (κ1) is 22.7. The van der Waals surface area contributed by atoms with E-state index in [-0.39, 0.29) is 12.1 Å². The lowest BCUT2D eigenvalue weighted by Gasteiger charge is -2.44. The maximum absolute atomic E-state index is 14.8. The average molecular weight is 489 g/mol. The molecule has 0 amide bonds. The number of nitrogens with zero attached hydrogens (tertiary/aromatic N) is 6. The Labute approximate surface area is 199 Å². The molecule has 3 heterocycles. The van der Waals surface area contributed by atoms with Crippen molar-refractivity contribution in [2.45, 2.75) is 25.1 Å². The van der Waals surface area contributed by atoms with Gasteiger partial charge in [-0.25, -0.2) is 18.4 Å². The quantitative estimate of drug-likeness (QED) is 0.445. The minimum Gasteiger partial charge on any atom is -0.423 e. The van der Waals surface area contributed by atoms with Crippen molar-refractivity contribution in [3.8, 4) is 0 Å². The van der Waals surface area contributed by atoms with Crippen LogP contribution < -0.4 is 4.90 Å². The smallest absolute Gasteiger partial charge is 0.298 e. The summed E-state index contributed by atoms with van der Waals surface area (Å²) in [6, 6.07) is 8.52. The summed E-state index contributed by atoms with van der Waals surface area (Å²) in [5.41, 5.74) is -0.325. The molecule has 34 heavy (non-hydrogen) atoms. The van der Waals surface area contributed by atoms with E-state index in [1.807, 2.05) is 17.9 Å². The zero-order valence-electron chi connectivity index (χ0n) is 18.4. The minimum absolute atomic E-state index is 0.00941. The van der Waals surface area contributed by atoms with Crippen LogP contribution in [0.2, 0.25) is 5.02 Å². The Bertz CT molecular complexity index is 1290. The van der Waals surface area contributed by atoms with Gasteiger partial charge in [0.05, 0.1) is 6.54 Å². The van der Waals surface area contributed by atoms with Crippen molar-refractivity contribution < 1.29 is 18.3 Å². The van der Waals surface area contributed by atoms with Crippen molar-refractivity contribution >= 4 is 28.7 Å². The molecule has 2 aromatic carbocycles. The number of piperazine rings is 1. The molecular formula is C23H23ClF2N6O2. The Morgan fingerprint density at radius 1 is 1.15 bits per heavy atom. The molecule has 1 aliphatic heterocycles. The van der Waals surface area contributed by atoms with Crippen LogP contribution in [0.5, 0.6) is 0 Å². The summed E-state index contributed by atoms with van der Waals surface area (Å²) in [6.45, 7) is 4.12. The molecule has 0 aliphatic carbocycles. The third-order valence-electron chi connectivity index (χ3n) is 6.43. The van der Waals surface area contributed by atoms with Crippen molar-refractivity contribution in [2.24, 2.45) is 0 Å². The van der Waals surface area contributed by atoms with E-state index in [4.69, 9.17) is 16.0 Å². The predicted molar refractivity (Wildman–Crippen MR) is 123 cm³/mol. The Morgan fingerprint density at radius 2 is 1.94 bits per heavy atom. The van der Waals surface area contributed by atoms with Gasteiger partial charge >= 0.3 is 0 Å². The van der Waals surface area contributed by atoms with E-state index >= 15 is 0 Å². The first-order valence-electron chi connectivity index (χ1n) is 10.9. The number of hydrogen-bond acceptors (Lipinski definition) is 7. The molecule has 5 rings (SSSR count). The van der Waals surface area contributed by atoms with Gasteiger partial charge in [0.25, 0.3) is 6.01 Å². The van der Waals surface area contributed by atoms with Crippen molar-refractivity contribution in [1.82, 2.24) is 24.6 Å². The van der Waals surface area contributed by atoms with Crippen LogP contribution in [0.1, 0.15) is 12.5 Å². The van der Waals surface area contributed by atoms with Crippen LogP contribution in [0.25, 0.3) is 11.1 Å². The van der Waals surface area contributed by atoms with Crippen LogP contribution in [0.4, 0.5) is 14.8 Å². The van der Waals surface area contributed by atoms with E-state index in [1.54, 1.807) is 12.1 Å². The van der Waals surface area contributed by atoms with Crippen LogP contribution in [-0.4, -0.2) is 62.0 Å². The van der Waals surface area contributed by atoms with Crippen molar-refractivity contribution in [3.05, 3.63) is 71.3 Å². The predicted octanol–water partition coefficient (Wildman–Crippen LogP) is 3.45. The molecule has 0 radical (unpaired) electrons. The topological polar surface area (TPSA) is 83.5 Å². The van der Waals surface area contributed by atoms with Gasteiger partial charge in [-0.2, -0.15) is 10.1 Å². The van der Waals surface area contributed by atoms with E-state index in [0.29, 0.717) is 42.8 Å². The van der Waals surface area contributed by atoms with Gasteiger partial charge in [0, 0.05) is 54.9 Å². The number of hydrogen-bond donors (Lipinski definition) is 1. The second kappa shape index (κ2) is 8.94. The lowest BCUT2D eigenvalue weighted by molar-refractivity contribution is -0.0651. The molecule has 1 aliphatic rings. The van der Waals surface area contributed by atoms with Crippen LogP contribution in [0.15, 0.2) is 53.5 Å². The number of oxazole rings is 1. The molecule has 178 valence electrons. The standard InChI is InChI=1S/C23H23ClF2N6O2/c1-15(23(33,12-32-14-27-13-28-32)18-4-3-17(25)11-19(18)26)30-6-8-31(9-7-30)22-29-20-5-2-16(24)10-21(20)34-22/h2-5,10-11,13-15,33H,6-9,12H2,1H3/t15-,23-/m1/s1. The van der Waals surface area contributed by atoms with Gasteiger partial charge < -0.3 is 14.4 Å². The molecule has 4 aromatic rings. The number of aliphatic hydroxyl groups is 1. The molecule has 2 aromatic heterocycles. The number of fused-ring (bicyclic) bond motifs is 1. The van der Waals surface area contributed by atoms with E-state index in [2.05, 4.69) is 20.0 Å². The molecule has 2 atom stereocenters. The molecule has 0 bridgehead atoms. The molecule has 1 saturated heterocycles. The van der Waals surface area contributed by atoms with Crippen LogP contribution >= 0.6 is 11.6 Å². The summed E-state index contributed by atoms with van der Waals surface area (Å²) >= 11 is 6.04. The van der Waals surface area contributed by atoms with Gasteiger partial charge in [-0.1, -0.05) is 17.7 Å². The maximum atomic E-state index is 14.8. The number of aromatic nitrogens is 4. The van der Waals surface area contributed by atoms with Crippen LogP contribution in [-0.2, 0) is 12.1 Å².